The molecule has 4 nitrogen and oxygen atoms in total. The van der Waals surface area contributed by atoms with E-state index >= 15 is 0 Å². The van der Waals surface area contributed by atoms with Crippen LogP contribution in [0.4, 0.5) is 0 Å². The summed E-state index contributed by atoms with van der Waals surface area (Å²) in [5.74, 6) is 0.421. The van der Waals surface area contributed by atoms with Crippen LogP contribution in [0.25, 0.3) is 22.4 Å². The number of carbonyl (C=O) groups is 1. The summed E-state index contributed by atoms with van der Waals surface area (Å²) in [5, 5.41) is 10.6. The van der Waals surface area contributed by atoms with Crippen LogP contribution in [0.2, 0.25) is 0 Å². The molecule has 4 rings (SSSR count). The Balaban J connectivity index is 1.72. The third-order valence-corrected chi connectivity index (χ3v) is 6.53. The van der Waals surface area contributed by atoms with E-state index in [4.69, 9.17) is 4.98 Å². The largest absolute Gasteiger partial charge is 0.342 e. The number of hydrogen-bond acceptors (Lipinski definition) is 4. The van der Waals surface area contributed by atoms with Gasteiger partial charge in [0.15, 0.2) is 0 Å². The zero-order valence-corrected chi connectivity index (χ0v) is 18.5. The Kier molecular flexibility index (Phi) is 6.69. The van der Waals surface area contributed by atoms with Crippen LogP contribution in [0.1, 0.15) is 30.4 Å². The lowest BCUT2D eigenvalue weighted by molar-refractivity contribution is -0.129. The summed E-state index contributed by atoms with van der Waals surface area (Å²) in [6.07, 6.45) is 3.33. The first-order valence-corrected chi connectivity index (χ1v) is 11.6. The van der Waals surface area contributed by atoms with Crippen LogP contribution in [-0.2, 0) is 4.79 Å². The molecule has 0 radical (unpaired) electrons. The van der Waals surface area contributed by atoms with Gasteiger partial charge in [0.2, 0.25) is 5.91 Å². The second kappa shape index (κ2) is 9.80. The quantitative estimate of drug-likeness (QED) is 0.490. The van der Waals surface area contributed by atoms with Crippen LogP contribution in [0.3, 0.4) is 0 Å². The highest BCUT2D eigenvalue weighted by atomic mass is 32.2. The minimum atomic E-state index is 0.123. The van der Waals surface area contributed by atoms with E-state index in [0.29, 0.717) is 16.3 Å². The number of aryl methyl sites for hydroxylation is 1. The molecule has 0 N–H and O–H groups in total. The third-order valence-electron chi connectivity index (χ3n) is 5.57. The van der Waals surface area contributed by atoms with E-state index in [1.807, 2.05) is 72.5 Å². The Morgan fingerprint density at radius 3 is 2.42 bits per heavy atom. The molecule has 1 aliphatic heterocycles. The molecular formula is C26H25N3OS. The van der Waals surface area contributed by atoms with Crippen LogP contribution in [0.15, 0.2) is 65.7 Å². The molecule has 0 atom stereocenters. The van der Waals surface area contributed by atoms with Gasteiger partial charge >= 0.3 is 0 Å². The lowest BCUT2D eigenvalue weighted by atomic mass is 9.98. The van der Waals surface area contributed by atoms with Crippen molar-refractivity contribution in [1.29, 1.82) is 5.26 Å². The lowest BCUT2D eigenvalue weighted by Gasteiger charge is -2.26. The molecule has 1 aliphatic rings. The Hall–Kier alpha value is -3.10. The summed E-state index contributed by atoms with van der Waals surface area (Å²) in [6.45, 7) is 3.71. The predicted molar refractivity (Wildman–Crippen MR) is 126 cm³/mol. The Bertz CT molecular complexity index is 1100. The van der Waals surface area contributed by atoms with Crippen molar-refractivity contribution in [2.75, 3.05) is 18.8 Å². The number of piperidine rings is 1. The highest BCUT2D eigenvalue weighted by Crippen LogP contribution is 2.34. The molecule has 1 saturated heterocycles. The summed E-state index contributed by atoms with van der Waals surface area (Å²) >= 11 is 1.37. The summed E-state index contributed by atoms with van der Waals surface area (Å²) in [4.78, 5) is 19.5. The van der Waals surface area contributed by atoms with Gasteiger partial charge in [-0.15, -0.1) is 0 Å². The standard InChI is InChI=1S/C26H25N3OS/c1-19-10-12-20(13-11-19)22-16-24(21-8-4-2-5-9-21)28-26(23(22)17-27)31-18-25(30)29-14-6-3-7-15-29/h2,4-5,8-13,16H,3,6-7,14-15,18H2,1H3. The average Bonchev–Trinajstić information content (AvgIpc) is 2.83. The van der Waals surface area contributed by atoms with Crippen LogP contribution in [-0.4, -0.2) is 34.6 Å². The predicted octanol–water partition coefficient (Wildman–Crippen LogP) is 5.70. The van der Waals surface area contributed by atoms with Crippen LogP contribution in [0.5, 0.6) is 0 Å². The van der Waals surface area contributed by atoms with Gasteiger partial charge < -0.3 is 4.90 Å². The maximum absolute atomic E-state index is 12.7. The second-order valence-electron chi connectivity index (χ2n) is 7.81. The van der Waals surface area contributed by atoms with Crippen molar-refractivity contribution in [3.05, 3.63) is 71.8 Å². The molecule has 31 heavy (non-hydrogen) atoms. The van der Waals surface area contributed by atoms with Crippen LogP contribution in [0, 0.1) is 18.3 Å². The van der Waals surface area contributed by atoms with Gasteiger partial charge in [0.05, 0.1) is 17.0 Å². The Labute approximate surface area is 187 Å². The normalized spacial score (nSPS) is 13.6. The number of benzene rings is 2. The first-order chi connectivity index (χ1) is 15.2. The van der Waals surface area contributed by atoms with Crippen molar-refractivity contribution in [3.8, 4) is 28.5 Å². The van der Waals surface area contributed by atoms with Gasteiger partial charge in [0.1, 0.15) is 11.1 Å². The van der Waals surface area contributed by atoms with Crippen LogP contribution < -0.4 is 0 Å². The number of pyridine rings is 1. The zero-order valence-electron chi connectivity index (χ0n) is 17.7. The van der Waals surface area contributed by atoms with Gasteiger partial charge in [-0.1, -0.05) is 71.9 Å². The smallest absolute Gasteiger partial charge is 0.232 e. The van der Waals surface area contributed by atoms with E-state index in [2.05, 4.69) is 6.07 Å². The summed E-state index contributed by atoms with van der Waals surface area (Å²) in [7, 11) is 0. The van der Waals surface area contributed by atoms with E-state index < -0.39 is 0 Å². The fraction of sp³-hybridized carbons (Fsp3) is 0.269. The number of nitrogens with zero attached hydrogens (tertiary/aromatic N) is 3. The molecule has 0 spiro atoms. The number of nitriles is 1. The average molecular weight is 428 g/mol. The number of rotatable bonds is 5. The molecule has 156 valence electrons. The highest BCUT2D eigenvalue weighted by Gasteiger charge is 2.20. The first-order valence-electron chi connectivity index (χ1n) is 10.6. The topological polar surface area (TPSA) is 57.0 Å². The van der Waals surface area contributed by atoms with Crippen molar-refractivity contribution in [1.82, 2.24) is 9.88 Å². The molecule has 1 aromatic heterocycles. The molecule has 1 fully saturated rings. The van der Waals surface area contributed by atoms with Gasteiger partial charge in [-0.05, 0) is 37.8 Å². The lowest BCUT2D eigenvalue weighted by Crippen LogP contribution is -2.36. The fourth-order valence-corrected chi connectivity index (χ4v) is 4.72. The molecular weight excluding hydrogens is 402 g/mol. The Morgan fingerprint density at radius 1 is 1.03 bits per heavy atom. The number of carbonyl (C=O) groups excluding carboxylic acids is 1. The number of aromatic nitrogens is 1. The van der Waals surface area contributed by atoms with Crippen molar-refractivity contribution >= 4 is 17.7 Å². The molecule has 2 aromatic carbocycles. The van der Waals surface area contributed by atoms with E-state index in [9.17, 15) is 10.1 Å². The van der Waals surface area contributed by atoms with Gasteiger partial charge in [0, 0.05) is 24.2 Å². The van der Waals surface area contributed by atoms with Gasteiger partial charge in [-0.3, -0.25) is 4.79 Å². The van der Waals surface area contributed by atoms with Crippen molar-refractivity contribution in [3.63, 3.8) is 0 Å². The maximum Gasteiger partial charge on any atom is 0.232 e. The van der Waals surface area contributed by atoms with Crippen molar-refractivity contribution < 1.29 is 4.79 Å². The SMILES string of the molecule is Cc1ccc(-c2cc(-c3ccccc3)nc(SCC(=O)N3CCCCC3)c2C#N)cc1. The van der Waals surface area contributed by atoms with E-state index in [1.54, 1.807) is 0 Å². The Morgan fingerprint density at radius 2 is 1.74 bits per heavy atom. The molecule has 0 saturated carbocycles. The molecule has 0 unspecified atom stereocenters. The van der Waals surface area contributed by atoms with Gasteiger partial charge in [-0.2, -0.15) is 5.26 Å². The number of thioether (sulfide) groups is 1. The summed E-state index contributed by atoms with van der Waals surface area (Å²) < 4.78 is 0. The highest BCUT2D eigenvalue weighted by molar-refractivity contribution is 8.00. The number of hydrogen-bond donors (Lipinski definition) is 0. The fourth-order valence-electron chi connectivity index (χ4n) is 3.82. The molecule has 3 aromatic rings. The molecule has 5 heteroatoms. The molecule has 1 amide bonds. The number of amides is 1. The first kappa shape index (κ1) is 21.1. The van der Waals surface area contributed by atoms with Gasteiger partial charge in [-0.25, -0.2) is 4.98 Å². The second-order valence-corrected chi connectivity index (χ2v) is 8.77. The van der Waals surface area contributed by atoms with Crippen LogP contribution >= 0.6 is 11.8 Å². The van der Waals surface area contributed by atoms with E-state index in [-0.39, 0.29) is 5.91 Å². The van der Waals surface area contributed by atoms with E-state index in [0.717, 1.165) is 48.3 Å². The molecule has 2 heterocycles. The monoisotopic (exact) mass is 427 g/mol. The zero-order chi connectivity index (χ0) is 21.6. The van der Waals surface area contributed by atoms with Crippen molar-refractivity contribution in [2.45, 2.75) is 31.2 Å². The minimum Gasteiger partial charge on any atom is -0.342 e. The maximum atomic E-state index is 12.7. The number of likely N-dealkylation sites (tertiary alicyclic amines) is 1. The van der Waals surface area contributed by atoms with Gasteiger partial charge in [0.25, 0.3) is 0 Å². The van der Waals surface area contributed by atoms with Crippen molar-refractivity contribution in [2.24, 2.45) is 0 Å². The molecule has 0 bridgehead atoms. The van der Waals surface area contributed by atoms with E-state index in [1.165, 1.54) is 23.7 Å². The molecule has 0 aliphatic carbocycles. The summed E-state index contributed by atoms with van der Waals surface area (Å²) in [6, 6.07) is 22.5. The summed E-state index contributed by atoms with van der Waals surface area (Å²) in [5.41, 5.74) is 5.32. The third kappa shape index (κ3) is 4.98. The minimum absolute atomic E-state index is 0.123.